The van der Waals surface area contributed by atoms with Crippen molar-refractivity contribution in [3.63, 3.8) is 0 Å². The third-order valence-electron chi connectivity index (χ3n) is 4.38. The van der Waals surface area contributed by atoms with Crippen LogP contribution >= 0.6 is 0 Å². The van der Waals surface area contributed by atoms with Gasteiger partial charge in [-0.05, 0) is 26.2 Å². The number of anilines is 1. The molecule has 25 heavy (non-hydrogen) atoms. The van der Waals surface area contributed by atoms with E-state index in [4.69, 9.17) is 4.42 Å². The number of nitrogens with one attached hydrogen (secondary N) is 1. The molecule has 1 atom stereocenters. The van der Waals surface area contributed by atoms with Crippen molar-refractivity contribution >= 4 is 11.8 Å². The molecule has 2 aromatic rings. The second-order valence-electron chi connectivity index (χ2n) is 6.22. The Balaban J connectivity index is 1.49. The van der Waals surface area contributed by atoms with E-state index < -0.39 is 0 Å². The van der Waals surface area contributed by atoms with E-state index in [0.29, 0.717) is 19.6 Å². The van der Waals surface area contributed by atoms with Crippen LogP contribution in [0.3, 0.4) is 0 Å². The maximum Gasteiger partial charge on any atom is 0.317 e. The minimum atomic E-state index is -0.0443. The molecule has 0 spiro atoms. The highest BCUT2D eigenvalue weighted by molar-refractivity contribution is 5.74. The summed E-state index contributed by atoms with van der Waals surface area (Å²) in [5, 5.41) is 3.02. The van der Waals surface area contributed by atoms with Crippen molar-refractivity contribution in [1.29, 1.82) is 0 Å². The van der Waals surface area contributed by atoms with Crippen LogP contribution < -0.4 is 10.2 Å². The number of piperazine rings is 1. The molecule has 0 radical (unpaired) electrons. The third kappa shape index (κ3) is 4.27. The standard InChI is InChI=1S/C17H24N6O2/c1-21(2)14(15-4-3-11-25-15)12-20-17(24)23-9-7-22(8-10-23)16-13-18-5-6-19-16/h3-6,11,13-14H,7-10,12H2,1-2H3,(H,20,24)/t14-/m1/s1. The van der Waals surface area contributed by atoms with Gasteiger partial charge in [0, 0.05) is 45.1 Å². The van der Waals surface area contributed by atoms with E-state index in [0.717, 1.165) is 24.7 Å². The van der Waals surface area contributed by atoms with E-state index in [1.807, 2.05) is 36.0 Å². The summed E-state index contributed by atoms with van der Waals surface area (Å²) >= 11 is 0. The lowest BCUT2D eigenvalue weighted by molar-refractivity contribution is 0.186. The van der Waals surface area contributed by atoms with Crippen LogP contribution in [0.4, 0.5) is 10.6 Å². The summed E-state index contributed by atoms with van der Waals surface area (Å²) in [6.07, 6.45) is 6.75. The molecule has 0 bridgehead atoms. The van der Waals surface area contributed by atoms with Gasteiger partial charge in [-0.25, -0.2) is 9.78 Å². The van der Waals surface area contributed by atoms with Gasteiger partial charge in [-0.2, -0.15) is 0 Å². The number of likely N-dealkylation sites (N-methyl/N-ethyl adjacent to an activating group) is 1. The van der Waals surface area contributed by atoms with Crippen molar-refractivity contribution in [2.45, 2.75) is 6.04 Å². The van der Waals surface area contributed by atoms with Crippen LogP contribution in [0.25, 0.3) is 0 Å². The summed E-state index contributed by atoms with van der Waals surface area (Å²) in [5.41, 5.74) is 0. The van der Waals surface area contributed by atoms with Crippen LogP contribution in [0.15, 0.2) is 41.4 Å². The van der Waals surface area contributed by atoms with Crippen LogP contribution in [0, 0.1) is 0 Å². The van der Waals surface area contributed by atoms with Crippen molar-refractivity contribution in [3.05, 3.63) is 42.7 Å². The number of carbonyl (C=O) groups excluding carboxylic acids is 1. The number of carbonyl (C=O) groups is 1. The van der Waals surface area contributed by atoms with Crippen LogP contribution in [-0.4, -0.2) is 72.6 Å². The molecule has 0 aliphatic carbocycles. The van der Waals surface area contributed by atoms with E-state index in [1.54, 1.807) is 24.9 Å². The fourth-order valence-corrected chi connectivity index (χ4v) is 2.91. The van der Waals surface area contributed by atoms with Crippen LogP contribution in [-0.2, 0) is 0 Å². The first-order chi connectivity index (χ1) is 12.1. The number of amides is 2. The van der Waals surface area contributed by atoms with E-state index in [2.05, 4.69) is 20.2 Å². The van der Waals surface area contributed by atoms with Gasteiger partial charge in [0.2, 0.25) is 0 Å². The Bertz CT molecular complexity index is 653. The van der Waals surface area contributed by atoms with E-state index in [-0.39, 0.29) is 12.1 Å². The van der Waals surface area contributed by atoms with Gasteiger partial charge in [0.1, 0.15) is 11.6 Å². The molecule has 2 amide bonds. The first-order valence-electron chi connectivity index (χ1n) is 8.38. The molecular formula is C17H24N6O2. The van der Waals surface area contributed by atoms with Gasteiger partial charge in [-0.3, -0.25) is 9.88 Å². The number of urea groups is 1. The molecular weight excluding hydrogens is 320 g/mol. The molecule has 134 valence electrons. The summed E-state index contributed by atoms with van der Waals surface area (Å²) in [5.74, 6) is 1.70. The van der Waals surface area contributed by atoms with Crippen molar-refractivity contribution < 1.29 is 9.21 Å². The maximum atomic E-state index is 12.5. The normalized spacial score (nSPS) is 16.1. The molecule has 3 rings (SSSR count). The molecule has 0 unspecified atom stereocenters. The lowest BCUT2D eigenvalue weighted by atomic mass is 10.2. The zero-order chi connectivity index (χ0) is 17.6. The molecule has 3 heterocycles. The zero-order valence-corrected chi connectivity index (χ0v) is 14.6. The molecule has 1 aliphatic rings. The zero-order valence-electron chi connectivity index (χ0n) is 14.6. The smallest absolute Gasteiger partial charge is 0.317 e. The molecule has 2 aromatic heterocycles. The van der Waals surface area contributed by atoms with Crippen LogP contribution in [0.2, 0.25) is 0 Å². The monoisotopic (exact) mass is 344 g/mol. The van der Waals surface area contributed by atoms with Gasteiger partial charge in [0.05, 0.1) is 18.5 Å². The fraction of sp³-hybridized carbons (Fsp3) is 0.471. The average molecular weight is 344 g/mol. The Labute approximate surface area is 147 Å². The number of rotatable bonds is 5. The second-order valence-corrected chi connectivity index (χ2v) is 6.22. The Hall–Kier alpha value is -2.61. The minimum absolute atomic E-state index is 0.0137. The van der Waals surface area contributed by atoms with Crippen molar-refractivity contribution in [1.82, 2.24) is 25.1 Å². The van der Waals surface area contributed by atoms with Crippen molar-refractivity contribution in [2.75, 3.05) is 51.7 Å². The molecule has 1 aliphatic heterocycles. The van der Waals surface area contributed by atoms with Gasteiger partial charge in [0.15, 0.2) is 0 Å². The molecule has 0 saturated carbocycles. The van der Waals surface area contributed by atoms with Gasteiger partial charge < -0.3 is 19.5 Å². The number of hydrogen-bond acceptors (Lipinski definition) is 6. The molecule has 8 heteroatoms. The minimum Gasteiger partial charge on any atom is -0.468 e. The number of aromatic nitrogens is 2. The highest BCUT2D eigenvalue weighted by atomic mass is 16.3. The van der Waals surface area contributed by atoms with E-state index in [1.165, 1.54) is 0 Å². The Morgan fingerprint density at radius 1 is 1.32 bits per heavy atom. The summed E-state index contributed by atoms with van der Waals surface area (Å²) in [6.45, 7) is 3.33. The largest absolute Gasteiger partial charge is 0.468 e. The quantitative estimate of drug-likeness (QED) is 0.878. The fourth-order valence-electron chi connectivity index (χ4n) is 2.91. The predicted molar refractivity (Wildman–Crippen MR) is 94.4 cm³/mol. The lowest BCUT2D eigenvalue weighted by Gasteiger charge is -2.35. The Morgan fingerprint density at radius 2 is 2.12 bits per heavy atom. The maximum absolute atomic E-state index is 12.5. The van der Waals surface area contributed by atoms with Crippen molar-refractivity contribution in [2.24, 2.45) is 0 Å². The Kier molecular flexibility index (Phi) is 5.49. The molecule has 1 N–H and O–H groups in total. The molecule has 0 aromatic carbocycles. The summed E-state index contributed by atoms with van der Waals surface area (Å²) in [7, 11) is 3.94. The second kappa shape index (κ2) is 7.98. The van der Waals surface area contributed by atoms with Crippen molar-refractivity contribution in [3.8, 4) is 0 Å². The molecule has 1 saturated heterocycles. The highest BCUT2D eigenvalue weighted by Crippen LogP contribution is 2.18. The van der Waals surface area contributed by atoms with Crippen LogP contribution in [0.1, 0.15) is 11.8 Å². The average Bonchev–Trinajstić information content (AvgIpc) is 3.16. The first-order valence-corrected chi connectivity index (χ1v) is 8.38. The highest BCUT2D eigenvalue weighted by Gasteiger charge is 2.24. The topological polar surface area (TPSA) is 77.7 Å². The van der Waals surface area contributed by atoms with E-state index >= 15 is 0 Å². The molecule has 1 fully saturated rings. The van der Waals surface area contributed by atoms with E-state index in [9.17, 15) is 4.79 Å². The van der Waals surface area contributed by atoms with Gasteiger partial charge >= 0.3 is 6.03 Å². The van der Waals surface area contributed by atoms with Gasteiger partial charge in [-0.15, -0.1) is 0 Å². The molecule has 8 nitrogen and oxygen atoms in total. The number of nitrogens with zero attached hydrogens (tertiary/aromatic N) is 5. The SMILES string of the molecule is CN(C)[C@H](CNC(=O)N1CCN(c2cnccn2)CC1)c1ccco1. The Morgan fingerprint density at radius 3 is 2.72 bits per heavy atom. The first kappa shape index (κ1) is 17.2. The summed E-state index contributed by atoms with van der Waals surface area (Å²) in [6, 6.07) is 3.76. The summed E-state index contributed by atoms with van der Waals surface area (Å²) in [4.78, 5) is 26.9. The van der Waals surface area contributed by atoms with Gasteiger partial charge in [-0.1, -0.05) is 0 Å². The van der Waals surface area contributed by atoms with Gasteiger partial charge in [0.25, 0.3) is 0 Å². The number of hydrogen-bond donors (Lipinski definition) is 1. The lowest BCUT2D eigenvalue weighted by Crippen LogP contribution is -2.52. The van der Waals surface area contributed by atoms with Crippen LogP contribution in [0.5, 0.6) is 0 Å². The third-order valence-corrected chi connectivity index (χ3v) is 4.38. The number of furan rings is 1. The summed E-state index contributed by atoms with van der Waals surface area (Å²) < 4.78 is 5.47. The predicted octanol–water partition coefficient (Wildman–Crippen LogP) is 1.20.